The predicted octanol–water partition coefficient (Wildman–Crippen LogP) is 4.14. The topological polar surface area (TPSA) is 80.1 Å². The van der Waals surface area contributed by atoms with E-state index in [9.17, 15) is 9.59 Å². The summed E-state index contributed by atoms with van der Waals surface area (Å²) in [6.45, 7) is 2.55. The number of anilines is 1. The average Bonchev–Trinajstić information content (AvgIpc) is 3.08. The first kappa shape index (κ1) is 21.9. The Morgan fingerprint density at radius 1 is 1.03 bits per heavy atom. The highest BCUT2D eigenvalue weighted by Gasteiger charge is 2.15. The summed E-state index contributed by atoms with van der Waals surface area (Å²) in [6, 6.07) is 17.3. The van der Waals surface area contributed by atoms with Crippen molar-refractivity contribution in [3.63, 3.8) is 0 Å². The molecule has 7 nitrogen and oxygen atoms in total. The van der Waals surface area contributed by atoms with E-state index in [-0.39, 0.29) is 16.9 Å². The van der Waals surface area contributed by atoms with Crippen molar-refractivity contribution in [1.29, 1.82) is 0 Å². The molecule has 0 spiro atoms. The Labute approximate surface area is 184 Å². The van der Waals surface area contributed by atoms with Gasteiger partial charge in [0.2, 0.25) is 5.91 Å². The molecule has 9 heteroatoms. The highest BCUT2D eigenvalue weighted by Crippen LogP contribution is 2.29. The lowest BCUT2D eigenvalue weighted by atomic mass is 10.2. The van der Waals surface area contributed by atoms with Crippen molar-refractivity contribution in [2.45, 2.75) is 23.5 Å². The van der Waals surface area contributed by atoms with Crippen LogP contribution in [0.5, 0.6) is 0 Å². The van der Waals surface area contributed by atoms with Gasteiger partial charge in [-0.25, -0.2) is 0 Å². The van der Waals surface area contributed by atoms with Crippen LogP contribution in [0.1, 0.15) is 11.4 Å². The van der Waals surface area contributed by atoms with Gasteiger partial charge in [0.15, 0.2) is 5.16 Å². The van der Waals surface area contributed by atoms with Crippen molar-refractivity contribution < 1.29 is 9.59 Å². The van der Waals surface area contributed by atoms with Gasteiger partial charge in [-0.3, -0.25) is 9.59 Å². The molecule has 2 aromatic carbocycles. The third-order valence-corrected chi connectivity index (χ3v) is 6.22. The minimum atomic E-state index is -0.169. The summed E-state index contributed by atoms with van der Waals surface area (Å²) in [5, 5.41) is 11.8. The number of carbonyl (C=O) groups excluding carboxylic acids is 2. The van der Waals surface area contributed by atoms with E-state index in [1.54, 1.807) is 20.2 Å². The van der Waals surface area contributed by atoms with Crippen LogP contribution in [0.2, 0.25) is 0 Å². The number of amides is 2. The SMILES string of the molecule is Cc1nnc(SCC(=O)Nc2ccccc2SC(=O)N(C)C)n1Cc1ccccc1. The first-order valence-corrected chi connectivity index (χ1v) is 11.1. The zero-order valence-corrected chi connectivity index (χ0v) is 18.7. The van der Waals surface area contributed by atoms with Crippen LogP contribution in [0.15, 0.2) is 64.6 Å². The fourth-order valence-electron chi connectivity index (χ4n) is 2.58. The first-order chi connectivity index (χ1) is 14.4. The van der Waals surface area contributed by atoms with Gasteiger partial charge in [-0.2, -0.15) is 0 Å². The van der Waals surface area contributed by atoms with Gasteiger partial charge >= 0.3 is 0 Å². The van der Waals surface area contributed by atoms with Gasteiger partial charge in [-0.15, -0.1) is 10.2 Å². The van der Waals surface area contributed by atoms with E-state index in [1.807, 2.05) is 60.0 Å². The maximum atomic E-state index is 12.5. The van der Waals surface area contributed by atoms with Gasteiger partial charge in [0, 0.05) is 19.0 Å². The van der Waals surface area contributed by atoms with Gasteiger partial charge in [0.25, 0.3) is 5.24 Å². The van der Waals surface area contributed by atoms with Crippen LogP contribution in [0, 0.1) is 6.92 Å². The van der Waals surface area contributed by atoms with Gasteiger partial charge < -0.3 is 14.8 Å². The summed E-state index contributed by atoms with van der Waals surface area (Å²) in [7, 11) is 3.39. The second-order valence-electron chi connectivity index (χ2n) is 6.70. The molecule has 2 amide bonds. The molecule has 0 saturated heterocycles. The molecular weight excluding hydrogens is 418 g/mol. The molecule has 0 aliphatic heterocycles. The molecule has 1 heterocycles. The van der Waals surface area contributed by atoms with E-state index in [1.165, 1.54) is 16.7 Å². The van der Waals surface area contributed by atoms with E-state index in [0.29, 0.717) is 22.3 Å². The quantitative estimate of drug-likeness (QED) is 0.555. The molecule has 0 aliphatic carbocycles. The molecule has 0 unspecified atom stereocenters. The normalized spacial score (nSPS) is 10.6. The number of carbonyl (C=O) groups is 2. The van der Waals surface area contributed by atoms with Gasteiger partial charge in [0.1, 0.15) is 5.82 Å². The minimum Gasteiger partial charge on any atom is -0.339 e. The van der Waals surface area contributed by atoms with Crippen LogP contribution in [0.3, 0.4) is 0 Å². The fraction of sp³-hybridized carbons (Fsp3) is 0.238. The number of nitrogens with zero attached hydrogens (tertiary/aromatic N) is 4. The molecule has 0 aliphatic rings. The number of nitrogens with one attached hydrogen (secondary N) is 1. The first-order valence-electron chi connectivity index (χ1n) is 9.28. The van der Waals surface area contributed by atoms with Crippen LogP contribution in [-0.4, -0.2) is 50.7 Å². The Balaban J connectivity index is 1.63. The summed E-state index contributed by atoms with van der Waals surface area (Å²) in [5.74, 6) is 0.816. The standard InChI is InChI=1S/C21H23N5O2S2/c1-15-23-24-20(26(15)13-16-9-5-4-6-10-16)29-14-19(27)22-17-11-7-8-12-18(17)30-21(28)25(2)3/h4-12H,13-14H2,1-3H3,(H,22,27). The molecule has 1 aromatic heterocycles. The molecule has 156 valence electrons. The number of thioether (sulfide) groups is 2. The summed E-state index contributed by atoms with van der Waals surface area (Å²) in [4.78, 5) is 26.8. The van der Waals surface area contributed by atoms with Crippen molar-refractivity contribution in [1.82, 2.24) is 19.7 Å². The zero-order valence-electron chi connectivity index (χ0n) is 17.0. The lowest BCUT2D eigenvalue weighted by molar-refractivity contribution is -0.113. The number of aryl methyl sites for hydroxylation is 1. The molecule has 3 aromatic rings. The van der Waals surface area contributed by atoms with Crippen molar-refractivity contribution in [3.8, 4) is 0 Å². The smallest absolute Gasteiger partial charge is 0.286 e. The number of para-hydroxylation sites is 1. The second kappa shape index (κ2) is 10.3. The van der Waals surface area contributed by atoms with E-state index in [0.717, 1.165) is 23.1 Å². The Kier molecular flexibility index (Phi) is 7.53. The van der Waals surface area contributed by atoms with Gasteiger partial charge in [-0.1, -0.05) is 54.2 Å². The van der Waals surface area contributed by atoms with Crippen molar-refractivity contribution in [3.05, 3.63) is 66.0 Å². The van der Waals surface area contributed by atoms with E-state index in [4.69, 9.17) is 0 Å². The zero-order chi connectivity index (χ0) is 21.5. The molecule has 0 radical (unpaired) electrons. The molecular formula is C21H23N5O2S2. The van der Waals surface area contributed by atoms with E-state index < -0.39 is 0 Å². The molecule has 30 heavy (non-hydrogen) atoms. The molecule has 0 saturated carbocycles. The van der Waals surface area contributed by atoms with Gasteiger partial charge in [-0.05, 0) is 36.4 Å². The lowest BCUT2D eigenvalue weighted by Crippen LogP contribution is -2.18. The number of aromatic nitrogens is 3. The molecule has 1 N–H and O–H groups in total. The van der Waals surface area contributed by atoms with Crippen molar-refractivity contribution in [2.75, 3.05) is 25.2 Å². The number of hydrogen-bond donors (Lipinski definition) is 1. The predicted molar refractivity (Wildman–Crippen MR) is 121 cm³/mol. The van der Waals surface area contributed by atoms with Crippen LogP contribution in [-0.2, 0) is 11.3 Å². The van der Waals surface area contributed by atoms with Gasteiger partial charge in [0.05, 0.1) is 18.0 Å². The monoisotopic (exact) mass is 441 g/mol. The summed E-state index contributed by atoms with van der Waals surface area (Å²) in [5.41, 5.74) is 1.76. The molecule has 0 fully saturated rings. The Hall–Kier alpha value is -2.78. The number of benzene rings is 2. The Morgan fingerprint density at radius 2 is 1.73 bits per heavy atom. The largest absolute Gasteiger partial charge is 0.339 e. The highest BCUT2D eigenvalue weighted by atomic mass is 32.2. The van der Waals surface area contributed by atoms with Crippen LogP contribution in [0.25, 0.3) is 0 Å². The van der Waals surface area contributed by atoms with Crippen molar-refractivity contribution >= 4 is 40.4 Å². The van der Waals surface area contributed by atoms with Crippen molar-refractivity contribution in [2.24, 2.45) is 0 Å². The second-order valence-corrected chi connectivity index (χ2v) is 8.63. The third-order valence-electron chi connectivity index (χ3n) is 4.14. The summed E-state index contributed by atoms with van der Waals surface area (Å²) >= 11 is 2.42. The highest BCUT2D eigenvalue weighted by molar-refractivity contribution is 8.13. The van der Waals surface area contributed by atoms with E-state index >= 15 is 0 Å². The average molecular weight is 442 g/mol. The lowest BCUT2D eigenvalue weighted by Gasteiger charge is -2.13. The van der Waals surface area contributed by atoms with Crippen LogP contribution >= 0.6 is 23.5 Å². The van der Waals surface area contributed by atoms with Crippen LogP contribution < -0.4 is 5.32 Å². The fourth-order valence-corrected chi connectivity index (χ4v) is 4.11. The molecule has 3 rings (SSSR count). The molecule has 0 bridgehead atoms. The van der Waals surface area contributed by atoms with E-state index in [2.05, 4.69) is 15.5 Å². The third kappa shape index (κ3) is 5.87. The maximum absolute atomic E-state index is 12.5. The number of hydrogen-bond acceptors (Lipinski definition) is 6. The minimum absolute atomic E-state index is 0.101. The van der Waals surface area contributed by atoms with Crippen LogP contribution in [0.4, 0.5) is 10.5 Å². The summed E-state index contributed by atoms with van der Waals surface area (Å²) in [6.07, 6.45) is 0. The number of rotatable bonds is 7. The Morgan fingerprint density at radius 3 is 2.47 bits per heavy atom. The molecule has 0 atom stereocenters. The summed E-state index contributed by atoms with van der Waals surface area (Å²) < 4.78 is 1.99. The maximum Gasteiger partial charge on any atom is 0.286 e. The Bertz CT molecular complexity index is 1020.